The maximum Gasteiger partial charge on any atom is 0.191 e. The third-order valence-corrected chi connectivity index (χ3v) is 4.79. The maximum atomic E-state index is 5.81. The van der Waals surface area contributed by atoms with Gasteiger partial charge in [-0.1, -0.05) is 42.1 Å². The molecule has 0 spiro atoms. The highest BCUT2D eigenvalue weighted by Crippen LogP contribution is 2.26. The molecule has 0 unspecified atom stereocenters. The Labute approximate surface area is 163 Å². The molecule has 142 valence electrons. The van der Waals surface area contributed by atoms with Gasteiger partial charge in [-0.15, -0.1) is 10.2 Å². The van der Waals surface area contributed by atoms with E-state index in [0.717, 1.165) is 40.5 Å². The molecule has 0 aliphatic rings. The topological polar surface area (TPSA) is 58.4 Å². The van der Waals surface area contributed by atoms with Gasteiger partial charge in [0, 0.05) is 12.3 Å². The highest BCUT2D eigenvalue weighted by atomic mass is 32.2. The van der Waals surface area contributed by atoms with Crippen molar-refractivity contribution in [3.05, 3.63) is 60.4 Å². The van der Waals surface area contributed by atoms with E-state index in [1.165, 1.54) is 0 Å². The van der Waals surface area contributed by atoms with Crippen molar-refractivity contribution in [3.63, 3.8) is 0 Å². The Morgan fingerprint density at radius 1 is 0.926 bits per heavy atom. The van der Waals surface area contributed by atoms with Gasteiger partial charge in [-0.3, -0.25) is 0 Å². The molecule has 3 rings (SSSR count). The number of rotatable bonds is 10. The lowest BCUT2D eigenvalue weighted by atomic mass is 10.3. The van der Waals surface area contributed by atoms with Crippen molar-refractivity contribution in [3.8, 4) is 17.2 Å². The second kappa shape index (κ2) is 9.87. The lowest BCUT2D eigenvalue weighted by molar-refractivity contribution is 0.288. The van der Waals surface area contributed by atoms with E-state index in [4.69, 9.17) is 14.2 Å². The molecule has 0 N–H and O–H groups in total. The van der Waals surface area contributed by atoms with Gasteiger partial charge in [0.1, 0.15) is 12.4 Å². The molecule has 0 bridgehead atoms. The first-order valence-electron chi connectivity index (χ1n) is 8.80. The van der Waals surface area contributed by atoms with Gasteiger partial charge < -0.3 is 18.8 Å². The van der Waals surface area contributed by atoms with Crippen LogP contribution >= 0.6 is 11.8 Å². The number of para-hydroxylation sites is 3. The quantitative estimate of drug-likeness (QED) is 0.387. The molecule has 2 aromatic carbocycles. The van der Waals surface area contributed by atoms with Gasteiger partial charge in [-0.05, 0) is 31.2 Å². The van der Waals surface area contributed by atoms with Crippen LogP contribution in [0.4, 0.5) is 0 Å². The Morgan fingerprint density at radius 3 is 2.41 bits per heavy atom. The summed E-state index contributed by atoms with van der Waals surface area (Å²) in [5.41, 5.74) is 0. The molecule has 0 atom stereocenters. The second-order valence-electron chi connectivity index (χ2n) is 5.59. The summed E-state index contributed by atoms with van der Waals surface area (Å²) in [6, 6.07) is 17.3. The van der Waals surface area contributed by atoms with E-state index in [1.54, 1.807) is 18.9 Å². The van der Waals surface area contributed by atoms with Crippen LogP contribution in [0.3, 0.4) is 0 Å². The molecule has 6 nitrogen and oxygen atoms in total. The van der Waals surface area contributed by atoms with Crippen molar-refractivity contribution in [2.24, 2.45) is 0 Å². The Hall–Kier alpha value is -2.67. The number of nitrogens with zero attached hydrogens (tertiary/aromatic N) is 3. The van der Waals surface area contributed by atoms with E-state index in [1.807, 2.05) is 54.6 Å². The van der Waals surface area contributed by atoms with Gasteiger partial charge in [0.25, 0.3) is 0 Å². The van der Waals surface area contributed by atoms with Crippen LogP contribution in [0.5, 0.6) is 17.2 Å². The highest BCUT2D eigenvalue weighted by Gasteiger charge is 2.12. The van der Waals surface area contributed by atoms with E-state index in [2.05, 4.69) is 21.7 Å². The maximum absolute atomic E-state index is 5.81. The van der Waals surface area contributed by atoms with Crippen molar-refractivity contribution < 1.29 is 14.2 Å². The molecule has 1 aromatic heterocycles. The van der Waals surface area contributed by atoms with Crippen molar-refractivity contribution in [2.45, 2.75) is 25.2 Å². The number of benzene rings is 2. The van der Waals surface area contributed by atoms with E-state index in [0.29, 0.717) is 13.2 Å². The van der Waals surface area contributed by atoms with E-state index in [-0.39, 0.29) is 0 Å². The lowest BCUT2D eigenvalue weighted by Gasteiger charge is -2.10. The molecule has 7 heteroatoms. The normalized spacial score (nSPS) is 10.6. The number of ether oxygens (including phenoxy) is 3. The lowest BCUT2D eigenvalue weighted by Crippen LogP contribution is -2.08. The molecule has 1 heterocycles. The summed E-state index contributed by atoms with van der Waals surface area (Å²) < 4.78 is 19.0. The molecule has 0 aliphatic heterocycles. The van der Waals surface area contributed by atoms with Crippen LogP contribution in [-0.4, -0.2) is 34.2 Å². The zero-order valence-electron chi connectivity index (χ0n) is 15.5. The van der Waals surface area contributed by atoms with E-state index >= 15 is 0 Å². The number of methoxy groups -OCH3 is 1. The van der Waals surface area contributed by atoms with Crippen LogP contribution in [0.2, 0.25) is 0 Å². The van der Waals surface area contributed by atoms with Crippen molar-refractivity contribution >= 4 is 11.8 Å². The molecular formula is C20H23N3O3S. The fraction of sp³-hybridized carbons (Fsp3) is 0.300. The predicted molar refractivity (Wildman–Crippen MR) is 106 cm³/mol. The molecule has 27 heavy (non-hydrogen) atoms. The van der Waals surface area contributed by atoms with Gasteiger partial charge >= 0.3 is 0 Å². The Bertz CT molecular complexity index is 839. The zero-order valence-corrected chi connectivity index (χ0v) is 16.3. The van der Waals surface area contributed by atoms with Crippen molar-refractivity contribution in [1.82, 2.24) is 14.8 Å². The molecule has 0 amide bonds. The summed E-state index contributed by atoms with van der Waals surface area (Å²) in [5, 5.41) is 9.43. The Morgan fingerprint density at radius 2 is 1.67 bits per heavy atom. The minimum absolute atomic E-state index is 0.392. The number of hydrogen-bond acceptors (Lipinski definition) is 6. The number of hydrogen-bond donors (Lipinski definition) is 0. The number of aromatic nitrogens is 3. The average Bonchev–Trinajstić information content (AvgIpc) is 3.12. The van der Waals surface area contributed by atoms with E-state index < -0.39 is 0 Å². The first-order chi connectivity index (χ1) is 13.3. The van der Waals surface area contributed by atoms with Gasteiger partial charge in [0.05, 0.1) is 13.7 Å². The Kier molecular flexibility index (Phi) is 6.98. The summed E-state index contributed by atoms with van der Waals surface area (Å²) in [6.45, 7) is 3.81. The monoisotopic (exact) mass is 385 g/mol. The predicted octanol–water partition coefficient (Wildman–Crippen LogP) is 4.06. The molecule has 0 aliphatic carbocycles. The van der Waals surface area contributed by atoms with Crippen LogP contribution in [0.15, 0.2) is 59.8 Å². The molecule has 0 fully saturated rings. The Balaban J connectivity index is 1.52. The molecule has 3 aromatic rings. The molecule has 0 radical (unpaired) electrons. The molecule has 0 saturated carbocycles. The minimum Gasteiger partial charge on any atom is -0.493 e. The first-order valence-corrected chi connectivity index (χ1v) is 9.79. The SMILES string of the molecule is CCn1c(COc2ccccc2)nnc1SCCOc1ccccc1OC. The highest BCUT2D eigenvalue weighted by molar-refractivity contribution is 7.99. The zero-order chi connectivity index (χ0) is 18.9. The van der Waals surface area contributed by atoms with E-state index in [9.17, 15) is 0 Å². The van der Waals surface area contributed by atoms with Crippen molar-refractivity contribution in [1.29, 1.82) is 0 Å². The third-order valence-electron chi connectivity index (χ3n) is 3.86. The van der Waals surface area contributed by atoms with Crippen molar-refractivity contribution in [2.75, 3.05) is 19.5 Å². The smallest absolute Gasteiger partial charge is 0.191 e. The largest absolute Gasteiger partial charge is 0.493 e. The second-order valence-corrected chi connectivity index (χ2v) is 6.65. The summed E-state index contributed by atoms with van der Waals surface area (Å²) >= 11 is 1.61. The summed E-state index contributed by atoms with van der Waals surface area (Å²) in [4.78, 5) is 0. The van der Waals surface area contributed by atoms with Crippen LogP contribution in [0, 0.1) is 0 Å². The standard InChI is InChI=1S/C20H23N3O3S/c1-3-23-19(15-26-16-9-5-4-6-10-16)21-22-20(23)27-14-13-25-18-12-8-7-11-17(18)24-2/h4-12H,3,13-15H2,1-2H3. The summed E-state index contributed by atoms with van der Waals surface area (Å²) in [7, 11) is 1.64. The van der Waals surface area contributed by atoms with Crippen LogP contribution < -0.4 is 14.2 Å². The minimum atomic E-state index is 0.392. The summed E-state index contributed by atoms with van der Waals surface area (Å²) in [6.07, 6.45) is 0. The third kappa shape index (κ3) is 5.17. The van der Waals surface area contributed by atoms with Gasteiger partial charge in [-0.25, -0.2) is 0 Å². The number of thioether (sulfide) groups is 1. The molecular weight excluding hydrogens is 362 g/mol. The fourth-order valence-corrected chi connectivity index (χ4v) is 3.38. The average molecular weight is 385 g/mol. The van der Waals surface area contributed by atoms with Crippen LogP contribution in [0.25, 0.3) is 0 Å². The molecule has 0 saturated heterocycles. The van der Waals surface area contributed by atoms with Crippen LogP contribution in [-0.2, 0) is 13.2 Å². The van der Waals surface area contributed by atoms with Gasteiger partial charge in [0.15, 0.2) is 22.5 Å². The fourth-order valence-electron chi connectivity index (χ4n) is 2.54. The first kappa shape index (κ1) is 19.1. The van der Waals surface area contributed by atoms with Gasteiger partial charge in [0.2, 0.25) is 0 Å². The summed E-state index contributed by atoms with van der Waals surface area (Å²) in [5.74, 6) is 3.88. The van der Waals surface area contributed by atoms with Crippen LogP contribution in [0.1, 0.15) is 12.7 Å². The van der Waals surface area contributed by atoms with Gasteiger partial charge in [-0.2, -0.15) is 0 Å².